The Morgan fingerprint density at radius 1 is 1.21 bits per heavy atom. The molecule has 24 heavy (non-hydrogen) atoms. The minimum absolute atomic E-state index is 0.0539. The largest absolute Gasteiger partial charge is 0.573 e. The van der Waals surface area contributed by atoms with Crippen LogP contribution < -0.4 is 15.4 Å². The Morgan fingerprint density at radius 3 is 2.21 bits per heavy atom. The molecule has 0 bridgehead atoms. The van der Waals surface area contributed by atoms with E-state index in [4.69, 9.17) is 12.2 Å². The zero-order valence-corrected chi connectivity index (χ0v) is 14.6. The van der Waals surface area contributed by atoms with Crippen LogP contribution in [0, 0.1) is 0 Å². The summed E-state index contributed by atoms with van der Waals surface area (Å²) in [6.45, 7) is 5.66. The van der Waals surface area contributed by atoms with Crippen LogP contribution in [0.25, 0.3) is 0 Å². The molecular weight excluding hydrogens is 343 g/mol. The maximum Gasteiger partial charge on any atom is 0.573 e. The maximum atomic E-state index is 12.1. The number of amides is 1. The summed E-state index contributed by atoms with van der Waals surface area (Å²) >= 11 is 5.16. The molecule has 2 N–H and O–H groups in total. The molecule has 0 saturated carbocycles. The SMILES string of the molecule is CN(CC(=O)NC(C)(C)C)C(=S)Nc1ccc(OC(F)(F)F)cc1. The lowest BCUT2D eigenvalue weighted by Gasteiger charge is -2.25. The summed E-state index contributed by atoms with van der Waals surface area (Å²) in [7, 11) is 1.64. The molecule has 0 aliphatic carbocycles. The number of carbonyl (C=O) groups is 1. The van der Waals surface area contributed by atoms with Crippen molar-refractivity contribution in [3.05, 3.63) is 24.3 Å². The first-order valence-electron chi connectivity index (χ1n) is 7.05. The van der Waals surface area contributed by atoms with Gasteiger partial charge in [-0.2, -0.15) is 0 Å². The van der Waals surface area contributed by atoms with E-state index >= 15 is 0 Å². The number of thiocarbonyl (C=S) groups is 1. The van der Waals surface area contributed by atoms with Crippen molar-refractivity contribution in [1.82, 2.24) is 10.2 Å². The number of nitrogens with zero attached hydrogens (tertiary/aromatic N) is 1. The number of ether oxygens (including phenoxy) is 1. The molecule has 9 heteroatoms. The summed E-state index contributed by atoms with van der Waals surface area (Å²) in [5.74, 6) is -0.514. The molecule has 5 nitrogen and oxygen atoms in total. The van der Waals surface area contributed by atoms with Crippen molar-refractivity contribution in [3.63, 3.8) is 0 Å². The molecule has 1 rings (SSSR count). The van der Waals surface area contributed by atoms with E-state index in [1.165, 1.54) is 29.2 Å². The summed E-state index contributed by atoms with van der Waals surface area (Å²) in [5.41, 5.74) is 0.138. The first-order valence-corrected chi connectivity index (χ1v) is 7.45. The average molecular weight is 363 g/mol. The van der Waals surface area contributed by atoms with Gasteiger partial charge in [-0.15, -0.1) is 13.2 Å². The third kappa shape index (κ3) is 8.00. The Labute approximate surface area is 144 Å². The summed E-state index contributed by atoms with van der Waals surface area (Å²) in [5, 5.41) is 5.91. The molecule has 1 amide bonds. The number of alkyl halides is 3. The molecule has 0 aliphatic rings. The zero-order valence-electron chi connectivity index (χ0n) is 13.8. The van der Waals surface area contributed by atoms with E-state index in [9.17, 15) is 18.0 Å². The predicted octanol–water partition coefficient (Wildman–Crippen LogP) is 3.13. The highest BCUT2D eigenvalue weighted by Crippen LogP contribution is 2.24. The molecule has 134 valence electrons. The Morgan fingerprint density at radius 2 is 1.75 bits per heavy atom. The van der Waals surface area contributed by atoms with Gasteiger partial charge >= 0.3 is 6.36 Å². The van der Waals surface area contributed by atoms with Crippen molar-refractivity contribution in [3.8, 4) is 5.75 Å². The second kappa shape index (κ2) is 7.69. The van der Waals surface area contributed by atoms with Crippen molar-refractivity contribution in [2.24, 2.45) is 0 Å². The standard InChI is InChI=1S/C15H20F3N3O2S/c1-14(2,3)20-12(22)9-21(4)13(24)19-10-5-7-11(8-6-10)23-15(16,17)18/h5-8H,9H2,1-4H3,(H,19,24)(H,20,22). The fourth-order valence-corrected chi connectivity index (χ4v) is 1.89. The minimum atomic E-state index is -4.73. The summed E-state index contributed by atoms with van der Waals surface area (Å²) in [6.07, 6.45) is -4.73. The first kappa shape index (κ1) is 20.0. The minimum Gasteiger partial charge on any atom is -0.406 e. The van der Waals surface area contributed by atoms with Crippen LogP contribution in [0.4, 0.5) is 18.9 Å². The molecule has 0 radical (unpaired) electrons. The van der Waals surface area contributed by atoms with E-state index < -0.39 is 6.36 Å². The van der Waals surface area contributed by atoms with Gasteiger partial charge in [0.15, 0.2) is 5.11 Å². The summed E-state index contributed by atoms with van der Waals surface area (Å²) in [4.78, 5) is 13.4. The highest BCUT2D eigenvalue weighted by atomic mass is 32.1. The van der Waals surface area contributed by atoms with E-state index in [1.807, 2.05) is 20.8 Å². The van der Waals surface area contributed by atoms with Crippen molar-refractivity contribution in [1.29, 1.82) is 0 Å². The van der Waals surface area contributed by atoms with Crippen LogP contribution in [-0.2, 0) is 4.79 Å². The number of hydrogen-bond acceptors (Lipinski definition) is 3. The summed E-state index contributed by atoms with van der Waals surface area (Å²) < 4.78 is 40.1. The van der Waals surface area contributed by atoms with E-state index in [0.29, 0.717) is 5.69 Å². The average Bonchev–Trinajstić information content (AvgIpc) is 2.36. The Kier molecular flexibility index (Phi) is 6.42. The van der Waals surface area contributed by atoms with Crippen molar-refractivity contribution >= 4 is 28.9 Å². The molecule has 0 unspecified atom stereocenters. The molecule has 0 fully saturated rings. The normalized spacial score (nSPS) is 11.6. The van der Waals surface area contributed by atoms with Gasteiger partial charge < -0.3 is 20.3 Å². The number of likely N-dealkylation sites (N-methyl/N-ethyl adjacent to an activating group) is 1. The van der Waals surface area contributed by atoms with Gasteiger partial charge in [-0.25, -0.2) is 0 Å². The number of anilines is 1. The van der Waals surface area contributed by atoms with Gasteiger partial charge in [0.2, 0.25) is 5.91 Å². The van der Waals surface area contributed by atoms with Gasteiger partial charge in [0.05, 0.1) is 6.54 Å². The lowest BCUT2D eigenvalue weighted by Crippen LogP contribution is -2.47. The van der Waals surface area contributed by atoms with Crippen LogP contribution in [0.1, 0.15) is 20.8 Å². The molecule has 0 aliphatic heterocycles. The first-order chi connectivity index (χ1) is 10.9. The molecule has 0 aromatic heterocycles. The molecule has 0 saturated heterocycles. The lowest BCUT2D eigenvalue weighted by atomic mass is 10.1. The van der Waals surface area contributed by atoms with Crippen LogP contribution in [0.15, 0.2) is 24.3 Å². The van der Waals surface area contributed by atoms with Crippen molar-refractivity contribution in [2.75, 3.05) is 18.9 Å². The van der Waals surface area contributed by atoms with Gasteiger partial charge in [0.25, 0.3) is 0 Å². The number of carbonyl (C=O) groups excluding carboxylic acids is 1. The second-order valence-corrected chi connectivity index (χ2v) is 6.54. The number of halogens is 3. The van der Waals surface area contributed by atoms with Crippen LogP contribution in [0.3, 0.4) is 0 Å². The van der Waals surface area contributed by atoms with Crippen LogP contribution in [-0.4, -0.2) is 41.4 Å². The highest BCUT2D eigenvalue weighted by Gasteiger charge is 2.30. The van der Waals surface area contributed by atoms with E-state index in [-0.39, 0.29) is 28.9 Å². The molecule has 0 heterocycles. The fraction of sp³-hybridized carbons (Fsp3) is 0.467. The number of benzene rings is 1. The quantitative estimate of drug-likeness (QED) is 0.805. The third-order valence-electron chi connectivity index (χ3n) is 2.58. The predicted molar refractivity (Wildman–Crippen MR) is 89.9 cm³/mol. The maximum absolute atomic E-state index is 12.1. The second-order valence-electron chi connectivity index (χ2n) is 6.16. The third-order valence-corrected chi connectivity index (χ3v) is 2.99. The van der Waals surface area contributed by atoms with Crippen LogP contribution >= 0.6 is 12.2 Å². The molecule has 1 aromatic rings. The molecule has 1 aromatic carbocycles. The smallest absolute Gasteiger partial charge is 0.406 e. The van der Waals surface area contributed by atoms with Crippen LogP contribution in [0.5, 0.6) is 5.75 Å². The van der Waals surface area contributed by atoms with Crippen LogP contribution in [0.2, 0.25) is 0 Å². The Bertz CT molecular complexity index is 583. The highest BCUT2D eigenvalue weighted by molar-refractivity contribution is 7.80. The van der Waals surface area contributed by atoms with Gasteiger partial charge in [-0.05, 0) is 57.3 Å². The fourth-order valence-electron chi connectivity index (χ4n) is 1.70. The molecule has 0 atom stereocenters. The number of rotatable bonds is 4. The molecule has 0 spiro atoms. The topological polar surface area (TPSA) is 53.6 Å². The molecular formula is C15H20F3N3O2S. The zero-order chi connectivity index (χ0) is 18.5. The van der Waals surface area contributed by atoms with E-state index in [2.05, 4.69) is 15.4 Å². The van der Waals surface area contributed by atoms with E-state index in [1.54, 1.807) is 7.05 Å². The van der Waals surface area contributed by atoms with Gasteiger partial charge in [-0.3, -0.25) is 4.79 Å². The van der Waals surface area contributed by atoms with Gasteiger partial charge in [0, 0.05) is 18.3 Å². The Balaban J connectivity index is 2.56. The monoisotopic (exact) mass is 363 g/mol. The van der Waals surface area contributed by atoms with E-state index in [0.717, 1.165) is 0 Å². The van der Waals surface area contributed by atoms with Crippen molar-refractivity contribution in [2.45, 2.75) is 32.7 Å². The number of nitrogens with one attached hydrogen (secondary N) is 2. The number of hydrogen-bond donors (Lipinski definition) is 2. The lowest BCUT2D eigenvalue weighted by molar-refractivity contribution is -0.274. The van der Waals surface area contributed by atoms with Gasteiger partial charge in [0.1, 0.15) is 5.75 Å². The Hall–Kier alpha value is -2.03. The van der Waals surface area contributed by atoms with Crippen molar-refractivity contribution < 1.29 is 22.7 Å². The summed E-state index contributed by atoms with van der Waals surface area (Å²) in [6, 6.07) is 5.14. The van der Waals surface area contributed by atoms with Gasteiger partial charge in [-0.1, -0.05) is 0 Å².